The Kier molecular flexibility index (Phi) is 9.61. The van der Waals surface area contributed by atoms with Gasteiger partial charge in [-0.05, 0) is 44.0 Å². The summed E-state index contributed by atoms with van der Waals surface area (Å²) in [4.78, 5) is 16.4. The molecule has 0 saturated heterocycles. The summed E-state index contributed by atoms with van der Waals surface area (Å²) in [6.07, 6.45) is 1.73. The van der Waals surface area contributed by atoms with Crippen molar-refractivity contribution < 1.29 is 18.0 Å². The Labute approximate surface area is 173 Å². The molecule has 0 atom stereocenters. The number of aliphatic imine (C=N–C) groups is 1. The van der Waals surface area contributed by atoms with Crippen LogP contribution in [-0.4, -0.2) is 37.5 Å². The number of nitrogens with one attached hydrogen (secondary N) is 3. The molecule has 0 bridgehead atoms. The van der Waals surface area contributed by atoms with Crippen LogP contribution in [0.5, 0.6) is 0 Å². The fourth-order valence-corrected chi connectivity index (χ4v) is 2.50. The predicted molar refractivity (Wildman–Crippen MR) is 110 cm³/mol. The summed E-state index contributed by atoms with van der Waals surface area (Å²) in [5, 5.41) is 9.11. The molecule has 0 aromatic heterocycles. The van der Waals surface area contributed by atoms with Crippen molar-refractivity contribution in [1.29, 1.82) is 0 Å². The lowest BCUT2D eigenvalue weighted by atomic mass is 10.1. The van der Waals surface area contributed by atoms with Gasteiger partial charge in [0, 0.05) is 24.7 Å². The first kappa shape index (κ1) is 23.3. The van der Waals surface area contributed by atoms with Gasteiger partial charge in [-0.3, -0.25) is 9.79 Å². The maximum Gasteiger partial charge on any atom is 0.416 e. The number of hydrogen-bond acceptors (Lipinski definition) is 2. The number of rotatable bonds is 6. The lowest BCUT2D eigenvalue weighted by molar-refractivity contribution is -0.137. The smallest absolute Gasteiger partial charge is 0.357 e. The fourth-order valence-electron chi connectivity index (χ4n) is 2.50. The van der Waals surface area contributed by atoms with E-state index in [9.17, 15) is 18.0 Å². The molecule has 150 valence electrons. The minimum Gasteiger partial charge on any atom is -0.357 e. The first-order valence-electron chi connectivity index (χ1n) is 8.55. The van der Waals surface area contributed by atoms with E-state index in [1.807, 2.05) is 6.92 Å². The zero-order valence-electron chi connectivity index (χ0n) is 15.0. The molecule has 1 aliphatic carbocycles. The molecule has 3 N–H and O–H groups in total. The molecule has 5 nitrogen and oxygen atoms in total. The molecule has 0 heterocycles. The highest BCUT2D eigenvalue weighted by Crippen LogP contribution is 2.29. The molecule has 9 heteroatoms. The summed E-state index contributed by atoms with van der Waals surface area (Å²) < 4.78 is 37.6. The Morgan fingerprint density at radius 1 is 1.15 bits per heavy atom. The quantitative estimate of drug-likeness (QED) is 0.186. The Balaban J connectivity index is 0.00000364. The van der Waals surface area contributed by atoms with Crippen molar-refractivity contribution in [2.45, 2.75) is 32.0 Å². The van der Waals surface area contributed by atoms with Gasteiger partial charge in [0.05, 0.1) is 12.1 Å². The third kappa shape index (κ3) is 7.77. The first-order chi connectivity index (χ1) is 12.4. The van der Waals surface area contributed by atoms with Gasteiger partial charge in [-0.25, -0.2) is 0 Å². The summed E-state index contributed by atoms with van der Waals surface area (Å²) >= 11 is 0. The van der Waals surface area contributed by atoms with Crippen LogP contribution in [0.15, 0.2) is 41.4 Å². The molecule has 0 fully saturated rings. The van der Waals surface area contributed by atoms with Crippen LogP contribution in [-0.2, 0) is 6.18 Å². The largest absolute Gasteiger partial charge is 0.416 e. The minimum atomic E-state index is -4.41. The van der Waals surface area contributed by atoms with Crippen molar-refractivity contribution in [1.82, 2.24) is 16.0 Å². The van der Waals surface area contributed by atoms with Gasteiger partial charge in [0.15, 0.2) is 5.96 Å². The third-order valence-corrected chi connectivity index (χ3v) is 3.83. The van der Waals surface area contributed by atoms with Crippen molar-refractivity contribution in [3.8, 4) is 0 Å². The Morgan fingerprint density at radius 3 is 2.33 bits per heavy atom. The minimum absolute atomic E-state index is 0. The van der Waals surface area contributed by atoms with E-state index in [-0.39, 0.29) is 29.5 Å². The lowest BCUT2D eigenvalue weighted by Gasteiger charge is -2.16. The van der Waals surface area contributed by atoms with Gasteiger partial charge in [-0.1, -0.05) is 12.2 Å². The van der Waals surface area contributed by atoms with Crippen LogP contribution >= 0.6 is 24.0 Å². The Morgan fingerprint density at radius 2 is 1.78 bits per heavy atom. The SMILES string of the molecule is CCNC(=NCCNC(=O)c1ccc(C(F)(F)F)cc1)NC1CC=CC1.I. The molecule has 1 aromatic carbocycles. The molecule has 27 heavy (non-hydrogen) atoms. The van der Waals surface area contributed by atoms with Crippen LogP contribution in [0, 0.1) is 0 Å². The van der Waals surface area contributed by atoms with Crippen LogP contribution in [0.1, 0.15) is 35.7 Å². The standard InChI is InChI=1S/C18H23F3N4O.HI/c1-2-22-17(25-15-5-3-4-6-15)24-12-11-23-16(26)13-7-9-14(10-8-13)18(19,20)21;/h3-4,7-10,15H,2,5-6,11-12H2,1H3,(H,23,26)(H2,22,24,25);1H. The monoisotopic (exact) mass is 496 g/mol. The highest BCUT2D eigenvalue weighted by atomic mass is 127. The van der Waals surface area contributed by atoms with Gasteiger partial charge in [-0.2, -0.15) is 13.2 Å². The van der Waals surface area contributed by atoms with Gasteiger partial charge < -0.3 is 16.0 Å². The average molecular weight is 496 g/mol. The number of guanidine groups is 1. The number of carbonyl (C=O) groups is 1. The molecule has 0 saturated carbocycles. The maximum atomic E-state index is 12.5. The number of benzene rings is 1. The molecule has 0 unspecified atom stereocenters. The Bertz CT molecular complexity index is 652. The number of carbonyl (C=O) groups excluding carboxylic acids is 1. The zero-order chi connectivity index (χ0) is 19.0. The van der Waals surface area contributed by atoms with Crippen LogP contribution < -0.4 is 16.0 Å². The number of halogens is 4. The summed E-state index contributed by atoms with van der Waals surface area (Å²) in [7, 11) is 0. The molecule has 2 rings (SSSR count). The molecule has 0 radical (unpaired) electrons. The van der Waals surface area contributed by atoms with Crippen LogP contribution in [0.25, 0.3) is 0 Å². The van der Waals surface area contributed by atoms with Crippen molar-refractivity contribution in [2.75, 3.05) is 19.6 Å². The van der Waals surface area contributed by atoms with E-state index in [1.54, 1.807) is 0 Å². The van der Waals surface area contributed by atoms with E-state index < -0.39 is 17.6 Å². The van der Waals surface area contributed by atoms with E-state index in [2.05, 4.69) is 33.1 Å². The second kappa shape index (κ2) is 11.2. The van der Waals surface area contributed by atoms with E-state index >= 15 is 0 Å². The van der Waals surface area contributed by atoms with Crippen molar-refractivity contribution in [3.63, 3.8) is 0 Å². The number of amides is 1. The normalized spacial score (nSPS) is 14.6. The van der Waals surface area contributed by atoms with E-state index in [4.69, 9.17) is 0 Å². The van der Waals surface area contributed by atoms with Gasteiger partial charge in [0.1, 0.15) is 0 Å². The fraction of sp³-hybridized carbons (Fsp3) is 0.444. The van der Waals surface area contributed by atoms with Crippen LogP contribution in [0.2, 0.25) is 0 Å². The summed E-state index contributed by atoms with van der Waals surface area (Å²) in [6.45, 7) is 3.35. The lowest BCUT2D eigenvalue weighted by Crippen LogP contribution is -2.43. The van der Waals surface area contributed by atoms with Crippen molar-refractivity contribution in [2.24, 2.45) is 4.99 Å². The highest BCUT2D eigenvalue weighted by molar-refractivity contribution is 14.0. The van der Waals surface area contributed by atoms with Crippen LogP contribution in [0.4, 0.5) is 13.2 Å². The van der Waals surface area contributed by atoms with Gasteiger partial charge >= 0.3 is 6.18 Å². The van der Waals surface area contributed by atoms with Crippen LogP contribution in [0.3, 0.4) is 0 Å². The predicted octanol–water partition coefficient (Wildman–Crippen LogP) is 3.33. The maximum absolute atomic E-state index is 12.5. The van der Waals surface area contributed by atoms with Gasteiger partial charge in [0.2, 0.25) is 0 Å². The first-order valence-corrected chi connectivity index (χ1v) is 8.55. The second-order valence-electron chi connectivity index (χ2n) is 5.88. The molecule has 1 aliphatic rings. The molecular formula is C18H24F3IN4O. The zero-order valence-corrected chi connectivity index (χ0v) is 17.3. The number of hydrogen-bond donors (Lipinski definition) is 3. The summed E-state index contributed by atoms with van der Waals surface area (Å²) in [5.41, 5.74) is -0.592. The number of nitrogens with zero attached hydrogens (tertiary/aromatic N) is 1. The van der Waals surface area contributed by atoms with E-state index in [0.29, 0.717) is 25.1 Å². The van der Waals surface area contributed by atoms with Crippen molar-refractivity contribution >= 4 is 35.8 Å². The summed E-state index contributed by atoms with van der Waals surface area (Å²) in [6, 6.07) is 4.46. The molecule has 0 aliphatic heterocycles. The summed E-state index contributed by atoms with van der Waals surface area (Å²) in [5.74, 6) is 0.261. The van der Waals surface area contributed by atoms with Gasteiger partial charge in [0.25, 0.3) is 5.91 Å². The van der Waals surface area contributed by atoms with Crippen molar-refractivity contribution in [3.05, 3.63) is 47.5 Å². The molecular weight excluding hydrogens is 472 g/mol. The molecule has 0 spiro atoms. The molecule has 1 aromatic rings. The highest BCUT2D eigenvalue weighted by Gasteiger charge is 2.30. The molecule has 1 amide bonds. The van der Waals surface area contributed by atoms with Gasteiger partial charge in [-0.15, -0.1) is 24.0 Å². The Hall–Kier alpha value is -1.78. The topological polar surface area (TPSA) is 65.5 Å². The average Bonchev–Trinajstić information content (AvgIpc) is 3.11. The second-order valence-corrected chi connectivity index (χ2v) is 5.88. The third-order valence-electron chi connectivity index (χ3n) is 3.83. The van der Waals surface area contributed by atoms with E-state index in [1.165, 1.54) is 12.1 Å². The van der Waals surface area contributed by atoms with E-state index in [0.717, 1.165) is 31.5 Å². The number of alkyl halides is 3.